The quantitative estimate of drug-likeness (QED) is 0.679. The number of carbonyl (C=O) groups excluding carboxylic acids is 2. The van der Waals surface area contributed by atoms with E-state index in [4.69, 9.17) is 0 Å². The van der Waals surface area contributed by atoms with Gasteiger partial charge >= 0.3 is 0 Å². The van der Waals surface area contributed by atoms with Gasteiger partial charge in [0, 0.05) is 26.2 Å². The highest BCUT2D eigenvalue weighted by Crippen LogP contribution is 2.08. The molecule has 6 heteroatoms. The van der Waals surface area contributed by atoms with Crippen LogP contribution in [-0.2, 0) is 4.79 Å². The third-order valence-electron chi connectivity index (χ3n) is 2.42. The van der Waals surface area contributed by atoms with Crippen molar-refractivity contribution >= 4 is 11.8 Å². The van der Waals surface area contributed by atoms with Crippen molar-refractivity contribution in [1.29, 1.82) is 0 Å². The minimum Gasteiger partial charge on any atom is -0.346 e. The van der Waals surface area contributed by atoms with E-state index in [0.717, 1.165) is 0 Å². The Morgan fingerprint density at radius 1 is 1.73 bits per heavy atom. The van der Waals surface area contributed by atoms with Crippen LogP contribution in [0.1, 0.15) is 16.9 Å². The van der Waals surface area contributed by atoms with Crippen molar-refractivity contribution in [3.05, 3.63) is 18.0 Å². The van der Waals surface area contributed by atoms with E-state index in [2.05, 4.69) is 15.5 Å². The molecule has 15 heavy (non-hydrogen) atoms. The Balaban J connectivity index is 1.94. The molecular weight excluding hydrogens is 196 g/mol. The topological polar surface area (TPSA) is 78.1 Å². The Bertz CT molecular complexity index is 373. The first-order valence-electron chi connectivity index (χ1n) is 4.71. The fraction of sp³-hybridized carbons (Fsp3) is 0.444. The van der Waals surface area contributed by atoms with Crippen molar-refractivity contribution in [3.63, 3.8) is 0 Å². The predicted molar refractivity (Wildman–Crippen MR) is 52.1 cm³/mol. The van der Waals surface area contributed by atoms with E-state index in [1.54, 1.807) is 18.0 Å². The molecular formula is C9H12N4O2. The molecule has 1 fully saturated rings. The molecule has 6 nitrogen and oxygen atoms in total. The van der Waals surface area contributed by atoms with Gasteiger partial charge in [-0.2, -0.15) is 5.10 Å². The summed E-state index contributed by atoms with van der Waals surface area (Å²) in [6, 6.07) is 1.49. The summed E-state index contributed by atoms with van der Waals surface area (Å²) < 4.78 is 0. The highest BCUT2D eigenvalue weighted by atomic mass is 16.2. The number of likely N-dealkylation sites (N-methyl/N-ethyl adjacent to an activating group) is 1. The van der Waals surface area contributed by atoms with E-state index in [-0.39, 0.29) is 17.9 Å². The molecule has 0 bridgehead atoms. The molecule has 1 aliphatic heterocycles. The first-order chi connectivity index (χ1) is 7.16. The Kier molecular flexibility index (Phi) is 2.40. The molecule has 0 spiro atoms. The summed E-state index contributed by atoms with van der Waals surface area (Å²) in [4.78, 5) is 24.4. The zero-order valence-corrected chi connectivity index (χ0v) is 8.36. The first-order valence-corrected chi connectivity index (χ1v) is 4.71. The summed E-state index contributed by atoms with van der Waals surface area (Å²) in [5.41, 5.74) is 0.414. The monoisotopic (exact) mass is 208 g/mol. The second-order valence-corrected chi connectivity index (χ2v) is 3.62. The number of amides is 2. The molecule has 0 aliphatic carbocycles. The number of likely N-dealkylation sites (tertiary alicyclic amines) is 1. The summed E-state index contributed by atoms with van der Waals surface area (Å²) in [6.07, 6.45) is 1.89. The smallest absolute Gasteiger partial charge is 0.269 e. The van der Waals surface area contributed by atoms with Crippen LogP contribution < -0.4 is 5.32 Å². The molecule has 2 rings (SSSR count). The molecule has 2 N–H and O–H groups in total. The highest BCUT2D eigenvalue weighted by molar-refractivity contribution is 5.93. The van der Waals surface area contributed by atoms with Crippen molar-refractivity contribution in [1.82, 2.24) is 20.4 Å². The van der Waals surface area contributed by atoms with Crippen LogP contribution in [-0.4, -0.2) is 46.5 Å². The van der Waals surface area contributed by atoms with Gasteiger partial charge in [0.05, 0.1) is 6.04 Å². The maximum atomic E-state index is 11.6. The average Bonchev–Trinajstić information content (AvgIpc) is 2.77. The first kappa shape index (κ1) is 9.70. The molecule has 1 aromatic heterocycles. The van der Waals surface area contributed by atoms with Gasteiger partial charge < -0.3 is 10.2 Å². The zero-order valence-electron chi connectivity index (χ0n) is 8.36. The zero-order chi connectivity index (χ0) is 10.8. The van der Waals surface area contributed by atoms with Crippen molar-refractivity contribution in [2.24, 2.45) is 0 Å². The summed E-state index contributed by atoms with van der Waals surface area (Å²) >= 11 is 0. The van der Waals surface area contributed by atoms with Gasteiger partial charge in [-0.25, -0.2) is 0 Å². The number of nitrogens with one attached hydrogen (secondary N) is 2. The maximum absolute atomic E-state index is 11.6. The lowest BCUT2D eigenvalue weighted by Crippen LogP contribution is -2.36. The van der Waals surface area contributed by atoms with Crippen molar-refractivity contribution in [3.8, 4) is 0 Å². The van der Waals surface area contributed by atoms with Gasteiger partial charge in [-0.15, -0.1) is 0 Å². The second-order valence-electron chi connectivity index (χ2n) is 3.62. The summed E-state index contributed by atoms with van der Waals surface area (Å²) in [6.45, 7) is 0.568. The summed E-state index contributed by atoms with van der Waals surface area (Å²) in [5.74, 6) is -0.162. The van der Waals surface area contributed by atoms with Crippen LogP contribution in [0.5, 0.6) is 0 Å². The number of H-pyrrole nitrogens is 1. The van der Waals surface area contributed by atoms with Gasteiger partial charge in [0.25, 0.3) is 5.91 Å². The normalized spacial score (nSPS) is 20.7. The van der Waals surface area contributed by atoms with Crippen molar-refractivity contribution < 1.29 is 9.59 Å². The molecule has 2 heterocycles. The van der Waals surface area contributed by atoms with Crippen LogP contribution in [0.2, 0.25) is 0 Å². The Hall–Kier alpha value is -1.85. The molecule has 1 aliphatic rings. The van der Waals surface area contributed by atoms with Gasteiger partial charge in [0.15, 0.2) is 0 Å². The van der Waals surface area contributed by atoms with Gasteiger partial charge in [-0.05, 0) is 6.07 Å². The van der Waals surface area contributed by atoms with E-state index in [0.29, 0.717) is 18.7 Å². The van der Waals surface area contributed by atoms with E-state index in [1.807, 2.05) is 0 Å². The van der Waals surface area contributed by atoms with Gasteiger partial charge in [-0.1, -0.05) is 0 Å². The lowest BCUT2D eigenvalue weighted by Gasteiger charge is -2.11. The molecule has 0 saturated carbocycles. The molecule has 2 amide bonds. The van der Waals surface area contributed by atoms with Crippen LogP contribution in [0, 0.1) is 0 Å². The summed E-state index contributed by atoms with van der Waals surface area (Å²) in [7, 11) is 1.73. The Morgan fingerprint density at radius 2 is 2.53 bits per heavy atom. The minimum absolute atomic E-state index is 0.0601. The fourth-order valence-corrected chi connectivity index (χ4v) is 1.61. The molecule has 0 radical (unpaired) electrons. The van der Waals surface area contributed by atoms with E-state index in [9.17, 15) is 9.59 Å². The molecule has 1 saturated heterocycles. The van der Waals surface area contributed by atoms with E-state index < -0.39 is 0 Å². The van der Waals surface area contributed by atoms with E-state index in [1.165, 1.54) is 6.20 Å². The van der Waals surface area contributed by atoms with Crippen LogP contribution >= 0.6 is 0 Å². The fourth-order valence-electron chi connectivity index (χ4n) is 1.61. The largest absolute Gasteiger partial charge is 0.346 e. The highest BCUT2D eigenvalue weighted by Gasteiger charge is 2.28. The van der Waals surface area contributed by atoms with Crippen LogP contribution in [0.3, 0.4) is 0 Å². The van der Waals surface area contributed by atoms with Crippen LogP contribution in [0.4, 0.5) is 0 Å². The third-order valence-corrected chi connectivity index (χ3v) is 2.42. The SMILES string of the molecule is CN1CC(NC(=O)c2ccn[nH]2)CC1=O. The summed E-state index contributed by atoms with van der Waals surface area (Å²) in [5, 5.41) is 9.03. The van der Waals surface area contributed by atoms with Crippen molar-refractivity contribution in [2.75, 3.05) is 13.6 Å². The molecule has 1 atom stereocenters. The third kappa shape index (κ3) is 1.98. The maximum Gasteiger partial charge on any atom is 0.269 e. The number of carbonyl (C=O) groups is 2. The molecule has 0 aromatic carbocycles. The Morgan fingerprint density at radius 3 is 3.07 bits per heavy atom. The standard InChI is InChI=1S/C9H12N4O2/c1-13-5-6(4-8(13)14)11-9(15)7-2-3-10-12-7/h2-3,6H,4-5H2,1H3,(H,10,12)(H,11,15). The number of hydrogen-bond donors (Lipinski definition) is 2. The number of aromatic amines is 1. The van der Waals surface area contributed by atoms with Crippen molar-refractivity contribution in [2.45, 2.75) is 12.5 Å². The van der Waals surface area contributed by atoms with Crippen LogP contribution in [0.25, 0.3) is 0 Å². The molecule has 1 unspecified atom stereocenters. The second kappa shape index (κ2) is 3.72. The predicted octanol–water partition coefficient (Wildman–Crippen LogP) is -0.630. The lowest BCUT2D eigenvalue weighted by molar-refractivity contribution is -0.126. The van der Waals surface area contributed by atoms with Crippen LogP contribution in [0.15, 0.2) is 12.3 Å². The minimum atomic E-state index is -0.222. The molecule has 80 valence electrons. The van der Waals surface area contributed by atoms with Gasteiger partial charge in [-0.3, -0.25) is 14.7 Å². The number of nitrogens with zero attached hydrogens (tertiary/aromatic N) is 2. The van der Waals surface area contributed by atoms with Gasteiger partial charge in [0.1, 0.15) is 5.69 Å². The number of rotatable bonds is 2. The Labute approximate surface area is 86.6 Å². The van der Waals surface area contributed by atoms with Gasteiger partial charge in [0.2, 0.25) is 5.91 Å². The molecule has 1 aromatic rings. The number of hydrogen-bond acceptors (Lipinski definition) is 3. The lowest BCUT2D eigenvalue weighted by atomic mass is 10.2. The number of aromatic nitrogens is 2. The van der Waals surface area contributed by atoms with E-state index >= 15 is 0 Å². The average molecular weight is 208 g/mol.